The summed E-state index contributed by atoms with van der Waals surface area (Å²) in [5, 5.41) is 16.1. The largest absolute Gasteiger partial charge is 0.478 e. The first-order valence-corrected chi connectivity index (χ1v) is 5.14. The average molecular weight is 223 g/mol. The van der Waals surface area contributed by atoms with Crippen LogP contribution in [0.4, 0.5) is 0 Å². The van der Waals surface area contributed by atoms with Crippen LogP contribution in [0.15, 0.2) is 18.9 Å². The summed E-state index contributed by atoms with van der Waals surface area (Å²) in [5.41, 5.74) is 0.934. The van der Waals surface area contributed by atoms with Crippen LogP contribution < -0.4 is 5.32 Å². The fourth-order valence-corrected chi connectivity index (χ4v) is 1.46. The Labute approximate surface area is 94.8 Å². The maximum Gasteiger partial charge on any atom is 0.339 e. The van der Waals surface area contributed by atoms with Crippen LogP contribution in [0.1, 0.15) is 29.4 Å². The zero-order valence-electron chi connectivity index (χ0n) is 9.60. The van der Waals surface area contributed by atoms with Gasteiger partial charge in [0, 0.05) is 19.6 Å². The number of rotatable bonds is 6. The van der Waals surface area contributed by atoms with E-state index in [1.165, 1.54) is 6.20 Å². The van der Waals surface area contributed by atoms with E-state index >= 15 is 0 Å². The first-order chi connectivity index (χ1) is 7.56. The monoisotopic (exact) mass is 223 g/mol. The summed E-state index contributed by atoms with van der Waals surface area (Å²) in [7, 11) is 1.74. The number of hydrogen-bond acceptors (Lipinski definition) is 3. The highest BCUT2D eigenvalue weighted by Gasteiger charge is 2.14. The van der Waals surface area contributed by atoms with Gasteiger partial charge in [-0.2, -0.15) is 5.10 Å². The summed E-state index contributed by atoms with van der Waals surface area (Å²) in [4.78, 5) is 10.9. The average Bonchev–Trinajstić information content (AvgIpc) is 2.57. The summed E-state index contributed by atoms with van der Waals surface area (Å²) >= 11 is 0. The molecular weight excluding hydrogens is 206 g/mol. The molecular formula is C11H17N3O2. The van der Waals surface area contributed by atoms with Crippen LogP contribution in [-0.2, 0) is 13.6 Å². The minimum atomic E-state index is -0.943. The number of carboxylic acids is 1. The topological polar surface area (TPSA) is 67.2 Å². The maximum atomic E-state index is 10.9. The fraction of sp³-hybridized carbons (Fsp3) is 0.455. The second-order valence-corrected chi connectivity index (χ2v) is 3.74. The zero-order valence-corrected chi connectivity index (χ0v) is 9.60. The van der Waals surface area contributed by atoms with Crippen molar-refractivity contribution in [3.63, 3.8) is 0 Å². The van der Waals surface area contributed by atoms with Crippen molar-refractivity contribution in [3.8, 4) is 0 Å². The summed E-state index contributed by atoms with van der Waals surface area (Å²) in [6, 6.07) is 0.272. The van der Waals surface area contributed by atoms with E-state index in [-0.39, 0.29) is 11.6 Å². The molecule has 0 amide bonds. The van der Waals surface area contributed by atoms with E-state index in [0.29, 0.717) is 12.2 Å². The molecule has 0 fully saturated rings. The number of aryl methyl sites for hydroxylation is 1. The molecule has 0 bridgehead atoms. The van der Waals surface area contributed by atoms with Crippen molar-refractivity contribution in [2.24, 2.45) is 7.05 Å². The molecule has 16 heavy (non-hydrogen) atoms. The predicted molar refractivity (Wildman–Crippen MR) is 61.3 cm³/mol. The van der Waals surface area contributed by atoms with Crippen molar-refractivity contribution < 1.29 is 9.90 Å². The van der Waals surface area contributed by atoms with Crippen molar-refractivity contribution in [1.82, 2.24) is 15.1 Å². The normalized spacial score (nSPS) is 12.4. The van der Waals surface area contributed by atoms with Gasteiger partial charge in [0.1, 0.15) is 5.56 Å². The van der Waals surface area contributed by atoms with Crippen LogP contribution in [0.25, 0.3) is 0 Å². The standard InChI is InChI=1S/C11H17N3O2/c1-4-5-8(2)12-7-10-9(11(15)16)6-13-14(10)3/h4,6,8,12H,1,5,7H2,2-3H3,(H,15,16). The summed E-state index contributed by atoms with van der Waals surface area (Å²) in [5.74, 6) is -0.943. The van der Waals surface area contributed by atoms with Gasteiger partial charge in [0.25, 0.3) is 0 Å². The minimum Gasteiger partial charge on any atom is -0.478 e. The molecule has 1 unspecified atom stereocenters. The maximum absolute atomic E-state index is 10.9. The van der Waals surface area contributed by atoms with E-state index in [9.17, 15) is 4.79 Å². The lowest BCUT2D eigenvalue weighted by molar-refractivity contribution is 0.0695. The van der Waals surface area contributed by atoms with Gasteiger partial charge >= 0.3 is 5.97 Å². The Morgan fingerprint density at radius 1 is 1.81 bits per heavy atom. The highest BCUT2D eigenvalue weighted by Crippen LogP contribution is 2.07. The SMILES string of the molecule is C=CCC(C)NCc1c(C(=O)O)cnn1C. The van der Waals surface area contributed by atoms with E-state index in [1.54, 1.807) is 11.7 Å². The third-order valence-electron chi connectivity index (χ3n) is 2.43. The molecule has 0 aliphatic heterocycles. The second-order valence-electron chi connectivity index (χ2n) is 3.74. The third-order valence-corrected chi connectivity index (χ3v) is 2.43. The van der Waals surface area contributed by atoms with Gasteiger partial charge in [-0.05, 0) is 13.3 Å². The number of nitrogens with zero attached hydrogens (tertiary/aromatic N) is 2. The van der Waals surface area contributed by atoms with E-state index in [4.69, 9.17) is 5.11 Å². The number of nitrogens with one attached hydrogen (secondary N) is 1. The lowest BCUT2D eigenvalue weighted by Crippen LogP contribution is -2.26. The molecule has 0 radical (unpaired) electrons. The van der Waals surface area contributed by atoms with E-state index in [0.717, 1.165) is 6.42 Å². The second kappa shape index (κ2) is 5.46. The molecule has 88 valence electrons. The summed E-state index contributed by atoms with van der Waals surface area (Å²) in [6.45, 7) is 6.18. The Bertz CT molecular complexity index is 385. The Morgan fingerprint density at radius 3 is 3.06 bits per heavy atom. The van der Waals surface area contributed by atoms with Gasteiger partial charge in [-0.15, -0.1) is 6.58 Å². The Hall–Kier alpha value is -1.62. The fourth-order valence-electron chi connectivity index (χ4n) is 1.46. The molecule has 1 heterocycles. The van der Waals surface area contributed by atoms with Gasteiger partial charge in [-0.3, -0.25) is 4.68 Å². The molecule has 1 rings (SSSR count). The molecule has 0 aliphatic rings. The lowest BCUT2D eigenvalue weighted by Gasteiger charge is -2.12. The van der Waals surface area contributed by atoms with Crippen LogP contribution in [0, 0.1) is 0 Å². The van der Waals surface area contributed by atoms with Gasteiger partial charge in [-0.1, -0.05) is 6.08 Å². The Balaban J connectivity index is 2.69. The molecule has 2 N–H and O–H groups in total. The van der Waals surface area contributed by atoms with E-state index in [1.807, 2.05) is 13.0 Å². The number of carboxylic acid groups (broad SMARTS) is 1. The van der Waals surface area contributed by atoms with Gasteiger partial charge in [0.2, 0.25) is 0 Å². The lowest BCUT2D eigenvalue weighted by atomic mass is 10.2. The quantitative estimate of drug-likeness (QED) is 0.710. The van der Waals surface area contributed by atoms with Crippen molar-refractivity contribution in [1.29, 1.82) is 0 Å². The summed E-state index contributed by atoms with van der Waals surface area (Å²) in [6.07, 6.45) is 4.05. The minimum absolute atomic E-state index is 0.251. The number of aromatic nitrogens is 2. The van der Waals surface area contributed by atoms with Crippen LogP contribution in [0.5, 0.6) is 0 Å². The Morgan fingerprint density at radius 2 is 2.50 bits per heavy atom. The van der Waals surface area contributed by atoms with Gasteiger partial charge in [0.05, 0.1) is 11.9 Å². The van der Waals surface area contributed by atoms with Crippen LogP contribution in [0.2, 0.25) is 0 Å². The van der Waals surface area contributed by atoms with Crippen LogP contribution in [-0.4, -0.2) is 26.9 Å². The van der Waals surface area contributed by atoms with Crippen molar-refractivity contribution >= 4 is 5.97 Å². The highest BCUT2D eigenvalue weighted by molar-refractivity contribution is 5.88. The zero-order chi connectivity index (χ0) is 12.1. The number of aromatic carboxylic acids is 1. The van der Waals surface area contributed by atoms with Gasteiger partial charge in [0.15, 0.2) is 0 Å². The number of carbonyl (C=O) groups is 1. The molecule has 0 aromatic carbocycles. The smallest absolute Gasteiger partial charge is 0.339 e. The van der Waals surface area contributed by atoms with Crippen molar-refractivity contribution in [3.05, 3.63) is 30.1 Å². The highest BCUT2D eigenvalue weighted by atomic mass is 16.4. The first kappa shape index (κ1) is 12.4. The van der Waals surface area contributed by atoms with E-state index in [2.05, 4.69) is 17.0 Å². The summed E-state index contributed by atoms with van der Waals surface area (Å²) < 4.78 is 1.58. The molecule has 5 heteroatoms. The van der Waals surface area contributed by atoms with Crippen molar-refractivity contribution in [2.75, 3.05) is 0 Å². The van der Waals surface area contributed by atoms with Gasteiger partial charge < -0.3 is 10.4 Å². The van der Waals surface area contributed by atoms with E-state index < -0.39 is 5.97 Å². The van der Waals surface area contributed by atoms with Crippen molar-refractivity contribution in [2.45, 2.75) is 25.9 Å². The van der Waals surface area contributed by atoms with Crippen LogP contribution in [0.3, 0.4) is 0 Å². The molecule has 0 saturated heterocycles. The molecule has 1 aromatic rings. The van der Waals surface area contributed by atoms with Gasteiger partial charge in [-0.25, -0.2) is 4.79 Å². The molecule has 1 atom stereocenters. The number of hydrogen-bond donors (Lipinski definition) is 2. The predicted octanol–water partition coefficient (Wildman–Crippen LogP) is 1.17. The Kier molecular flexibility index (Phi) is 4.25. The molecule has 0 aliphatic carbocycles. The third kappa shape index (κ3) is 2.93. The molecule has 0 spiro atoms. The molecule has 5 nitrogen and oxygen atoms in total. The first-order valence-electron chi connectivity index (χ1n) is 5.14. The van der Waals surface area contributed by atoms with Crippen LogP contribution >= 0.6 is 0 Å². The molecule has 0 saturated carbocycles. The molecule has 1 aromatic heterocycles.